The van der Waals surface area contributed by atoms with Crippen LogP contribution >= 0.6 is 0 Å². The van der Waals surface area contributed by atoms with Crippen LogP contribution in [0.5, 0.6) is 5.75 Å². The molecule has 7 heteroatoms. The van der Waals surface area contributed by atoms with Crippen LogP contribution in [-0.2, 0) is 6.54 Å². The van der Waals surface area contributed by atoms with Gasteiger partial charge in [0.15, 0.2) is 5.69 Å². The largest absolute Gasteiger partial charge is 0.497 e. The van der Waals surface area contributed by atoms with E-state index in [1.807, 2.05) is 28.9 Å². The molecule has 0 aliphatic carbocycles. The number of rotatable bonds is 5. The van der Waals surface area contributed by atoms with Gasteiger partial charge in [-0.15, -0.1) is 5.10 Å². The van der Waals surface area contributed by atoms with Crippen LogP contribution in [0.2, 0.25) is 0 Å². The number of methoxy groups -OCH3 is 1. The number of ether oxygens (including phenoxy) is 1. The molecule has 1 aliphatic rings. The van der Waals surface area contributed by atoms with E-state index < -0.39 is 0 Å². The summed E-state index contributed by atoms with van der Waals surface area (Å²) in [5.41, 5.74) is 1.40. The standard InChI is InChI=1S/C17H23N5O2/c1-21(11-13-4-3-5-15(10-13)24-2)17(23)16-12-22(20-19-16)14-6-8-18-9-7-14/h3-5,10,12,14,18H,6-9,11H2,1-2H3. The summed E-state index contributed by atoms with van der Waals surface area (Å²) in [5.74, 6) is 0.656. The number of hydrogen-bond acceptors (Lipinski definition) is 5. The maximum absolute atomic E-state index is 12.6. The van der Waals surface area contributed by atoms with Gasteiger partial charge in [0.25, 0.3) is 5.91 Å². The van der Waals surface area contributed by atoms with Gasteiger partial charge in [-0.3, -0.25) is 4.79 Å². The molecule has 1 aromatic carbocycles. The molecule has 0 atom stereocenters. The Kier molecular flexibility index (Phi) is 5.10. The van der Waals surface area contributed by atoms with Crippen LogP contribution in [0, 0.1) is 0 Å². The molecule has 7 nitrogen and oxygen atoms in total. The van der Waals surface area contributed by atoms with E-state index >= 15 is 0 Å². The average molecular weight is 329 g/mol. The van der Waals surface area contributed by atoms with E-state index in [1.165, 1.54) is 0 Å². The van der Waals surface area contributed by atoms with Crippen molar-refractivity contribution in [2.45, 2.75) is 25.4 Å². The first kappa shape index (κ1) is 16.4. The van der Waals surface area contributed by atoms with Crippen LogP contribution in [0.25, 0.3) is 0 Å². The second kappa shape index (κ2) is 7.44. The van der Waals surface area contributed by atoms with Crippen molar-refractivity contribution in [3.63, 3.8) is 0 Å². The van der Waals surface area contributed by atoms with Crippen LogP contribution in [-0.4, -0.2) is 53.0 Å². The zero-order valence-electron chi connectivity index (χ0n) is 14.1. The van der Waals surface area contributed by atoms with Crippen molar-refractivity contribution in [2.24, 2.45) is 0 Å². The van der Waals surface area contributed by atoms with Crippen molar-refractivity contribution in [1.29, 1.82) is 0 Å². The minimum absolute atomic E-state index is 0.127. The fourth-order valence-corrected chi connectivity index (χ4v) is 2.94. The molecule has 1 aromatic heterocycles. The highest BCUT2D eigenvalue weighted by molar-refractivity contribution is 5.91. The molecular formula is C17H23N5O2. The molecule has 0 spiro atoms. The smallest absolute Gasteiger partial charge is 0.276 e. The molecule has 24 heavy (non-hydrogen) atoms. The summed E-state index contributed by atoms with van der Waals surface area (Å²) in [6.07, 6.45) is 3.79. The minimum Gasteiger partial charge on any atom is -0.497 e. The molecular weight excluding hydrogens is 306 g/mol. The van der Waals surface area contributed by atoms with Crippen LogP contribution in [0.4, 0.5) is 0 Å². The maximum Gasteiger partial charge on any atom is 0.276 e. The number of carbonyl (C=O) groups excluding carboxylic acids is 1. The highest BCUT2D eigenvalue weighted by atomic mass is 16.5. The number of amides is 1. The number of nitrogens with one attached hydrogen (secondary N) is 1. The molecule has 2 aromatic rings. The molecule has 1 fully saturated rings. The lowest BCUT2D eigenvalue weighted by atomic mass is 10.1. The Hall–Kier alpha value is -2.41. The molecule has 3 rings (SSSR count). The predicted octanol–water partition coefficient (Wildman–Crippen LogP) is 1.48. The minimum atomic E-state index is -0.127. The monoisotopic (exact) mass is 329 g/mol. The Labute approximate surface area is 141 Å². The normalized spacial score (nSPS) is 15.2. The third-order valence-electron chi connectivity index (χ3n) is 4.31. The van der Waals surface area contributed by atoms with Crippen molar-refractivity contribution >= 4 is 5.91 Å². The van der Waals surface area contributed by atoms with Gasteiger partial charge >= 0.3 is 0 Å². The van der Waals surface area contributed by atoms with E-state index in [0.29, 0.717) is 18.3 Å². The van der Waals surface area contributed by atoms with Gasteiger partial charge in [0.05, 0.1) is 19.3 Å². The fourth-order valence-electron chi connectivity index (χ4n) is 2.94. The Balaban J connectivity index is 1.65. The van der Waals surface area contributed by atoms with Gasteiger partial charge in [0.2, 0.25) is 0 Å². The van der Waals surface area contributed by atoms with Gasteiger partial charge in [0.1, 0.15) is 5.75 Å². The van der Waals surface area contributed by atoms with Crippen LogP contribution in [0.3, 0.4) is 0 Å². The SMILES string of the molecule is COc1cccc(CN(C)C(=O)c2cn(C3CCNCC3)nn2)c1. The number of hydrogen-bond donors (Lipinski definition) is 1. The summed E-state index contributed by atoms with van der Waals surface area (Å²) in [4.78, 5) is 14.2. The van der Waals surface area contributed by atoms with Crippen molar-refractivity contribution in [1.82, 2.24) is 25.2 Å². The van der Waals surface area contributed by atoms with Crippen molar-refractivity contribution in [3.05, 3.63) is 41.7 Å². The number of benzene rings is 1. The topological polar surface area (TPSA) is 72.3 Å². The first-order valence-corrected chi connectivity index (χ1v) is 8.18. The number of nitrogens with zero attached hydrogens (tertiary/aromatic N) is 4. The van der Waals surface area contributed by atoms with Crippen molar-refractivity contribution in [2.75, 3.05) is 27.2 Å². The van der Waals surface area contributed by atoms with Gasteiger partial charge in [-0.05, 0) is 43.6 Å². The average Bonchev–Trinajstić information content (AvgIpc) is 3.12. The maximum atomic E-state index is 12.6. The summed E-state index contributed by atoms with van der Waals surface area (Å²) in [6.45, 7) is 2.45. The third kappa shape index (κ3) is 3.73. The highest BCUT2D eigenvalue weighted by Gasteiger charge is 2.20. The zero-order chi connectivity index (χ0) is 16.9. The molecule has 1 amide bonds. The second-order valence-electron chi connectivity index (χ2n) is 6.08. The lowest BCUT2D eigenvalue weighted by molar-refractivity contribution is 0.0779. The highest BCUT2D eigenvalue weighted by Crippen LogP contribution is 2.18. The van der Waals surface area contributed by atoms with Gasteiger partial charge in [0, 0.05) is 13.6 Å². The second-order valence-corrected chi connectivity index (χ2v) is 6.08. The van der Waals surface area contributed by atoms with Crippen LogP contribution < -0.4 is 10.1 Å². The predicted molar refractivity (Wildman–Crippen MR) is 90.0 cm³/mol. The quantitative estimate of drug-likeness (QED) is 0.900. The molecule has 1 saturated heterocycles. The summed E-state index contributed by atoms with van der Waals surface area (Å²) >= 11 is 0. The van der Waals surface area contributed by atoms with E-state index in [1.54, 1.807) is 25.3 Å². The molecule has 128 valence electrons. The third-order valence-corrected chi connectivity index (χ3v) is 4.31. The Bertz CT molecular complexity index is 694. The van der Waals surface area contributed by atoms with Crippen LogP contribution in [0.15, 0.2) is 30.5 Å². The first-order valence-electron chi connectivity index (χ1n) is 8.18. The number of aromatic nitrogens is 3. The molecule has 0 unspecified atom stereocenters. The van der Waals surface area contributed by atoms with E-state index in [4.69, 9.17) is 4.74 Å². The first-order chi connectivity index (χ1) is 11.7. The van der Waals surface area contributed by atoms with Crippen LogP contribution in [0.1, 0.15) is 34.9 Å². The Morgan fingerprint density at radius 2 is 2.21 bits per heavy atom. The summed E-state index contributed by atoms with van der Waals surface area (Å²) < 4.78 is 7.04. The zero-order valence-corrected chi connectivity index (χ0v) is 14.1. The van der Waals surface area contributed by atoms with Crippen molar-refractivity contribution < 1.29 is 9.53 Å². The molecule has 0 radical (unpaired) electrons. The van der Waals surface area contributed by atoms with E-state index in [9.17, 15) is 4.79 Å². The lowest BCUT2D eigenvalue weighted by Gasteiger charge is -2.22. The number of carbonyl (C=O) groups is 1. The van der Waals surface area contributed by atoms with E-state index in [-0.39, 0.29) is 5.91 Å². The lowest BCUT2D eigenvalue weighted by Crippen LogP contribution is -2.29. The Morgan fingerprint density at radius 3 is 2.96 bits per heavy atom. The molecule has 1 aliphatic heterocycles. The summed E-state index contributed by atoms with van der Waals surface area (Å²) in [5, 5.41) is 11.5. The van der Waals surface area contributed by atoms with Crippen molar-refractivity contribution in [3.8, 4) is 5.75 Å². The molecule has 0 saturated carbocycles. The van der Waals surface area contributed by atoms with Gasteiger partial charge in [-0.2, -0.15) is 0 Å². The Morgan fingerprint density at radius 1 is 1.42 bits per heavy atom. The van der Waals surface area contributed by atoms with Gasteiger partial charge < -0.3 is 15.0 Å². The summed E-state index contributed by atoms with van der Waals surface area (Å²) in [6, 6.07) is 8.02. The van der Waals surface area contributed by atoms with Gasteiger partial charge in [-0.1, -0.05) is 17.3 Å². The van der Waals surface area contributed by atoms with E-state index in [0.717, 1.165) is 37.2 Å². The number of piperidine rings is 1. The molecule has 1 N–H and O–H groups in total. The summed E-state index contributed by atoms with van der Waals surface area (Å²) in [7, 11) is 3.40. The van der Waals surface area contributed by atoms with Gasteiger partial charge in [-0.25, -0.2) is 4.68 Å². The molecule has 0 bridgehead atoms. The molecule has 2 heterocycles. The fraction of sp³-hybridized carbons (Fsp3) is 0.471. The van der Waals surface area contributed by atoms with E-state index in [2.05, 4.69) is 15.6 Å².